The predicted octanol–water partition coefficient (Wildman–Crippen LogP) is 6.52. The first-order chi connectivity index (χ1) is 13.6. The highest BCUT2D eigenvalue weighted by atomic mass is 35.5. The molecule has 4 rings (SSSR count). The van der Waals surface area contributed by atoms with Crippen LogP contribution in [0.3, 0.4) is 0 Å². The molecule has 0 unspecified atom stereocenters. The van der Waals surface area contributed by atoms with Gasteiger partial charge in [0.05, 0.1) is 16.4 Å². The third-order valence-electron chi connectivity index (χ3n) is 4.29. The zero-order valence-corrected chi connectivity index (χ0v) is 15.9. The van der Waals surface area contributed by atoms with Crippen LogP contribution < -0.4 is 0 Å². The summed E-state index contributed by atoms with van der Waals surface area (Å²) in [6.07, 6.45) is 0. The molecule has 0 radical (unpaired) electrons. The molecular formula is C22H12Cl2FN3. The number of nitrogens with zero attached hydrogens (tertiary/aromatic N) is 3. The fourth-order valence-electron chi connectivity index (χ4n) is 3.08. The summed E-state index contributed by atoms with van der Waals surface area (Å²) in [4.78, 5) is 4.50. The Kier molecular flexibility index (Phi) is 4.87. The van der Waals surface area contributed by atoms with Crippen LogP contribution in [0.1, 0.15) is 5.69 Å². The highest BCUT2D eigenvalue weighted by molar-refractivity contribution is 6.31. The summed E-state index contributed by atoms with van der Waals surface area (Å²) < 4.78 is 16.6. The maximum Gasteiger partial charge on any atom is 0.167 e. The van der Waals surface area contributed by atoms with Crippen LogP contribution in [0.5, 0.6) is 0 Å². The first kappa shape index (κ1) is 18.2. The molecule has 0 spiro atoms. The summed E-state index contributed by atoms with van der Waals surface area (Å²) in [6, 6.07) is 23.2. The minimum atomic E-state index is -0.591. The van der Waals surface area contributed by atoms with Crippen molar-refractivity contribution in [2.45, 2.75) is 0 Å². The van der Waals surface area contributed by atoms with E-state index in [-0.39, 0.29) is 16.4 Å². The molecule has 0 N–H and O–H groups in total. The van der Waals surface area contributed by atoms with Gasteiger partial charge in [-0.3, -0.25) is 4.57 Å². The van der Waals surface area contributed by atoms with Gasteiger partial charge in [0.2, 0.25) is 0 Å². The van der Waals surface area contributed by atoms with E-state index in [1.54, 1.807) is 41.0 Å². The highest BCUT2D eigenvalue weighted by Gasteiger charge is 2.23. The number of nitriles is 1. The van der Waals surface area contributed by atoms with Gasteiger partial charge in [0.15, 0.2) is 11.5 Å². The smallest absolute Gasteiger partial charge is 0.167 e. The molecule has 0 atom stereocenters. The zero-order valence-electron chi connectivity index (χ0n) is 14.4. The number of hydrogen-bond acceptors (Lipinski definition) is 2. The Labute approximate surface area is 171 Å². The van der Waals surface area contributed by atoms with E-state index >= 15 is 0 Å². The molecule has 1 heterocycles. The third kappa shape index (κ3) is 3.16. The lowest BCUT2D eigenvalue weighted by Gasteiger charge is -2.14. The van der Waals surface area contributed by atoms with Gasteiger partial charge in [-0.15, -0.1) is 0 Å². The first-order valence-electron chi connectivity index (χ1n) is 8.38. The number of rotatable bonds is 3. The second-order valence-corrected chi connectivity index (χ2v) is 6.87. The summed E-state index contributed by atoms with van der Waals surface area (Å²) in [6.45, 7) is 0. The lowest BCUT2D eigenvalue weighted by Crippen LogP contribution is -2.03. The van der Waals surface area contributed by atoms with E-state index in [0.717, 1.165) is 5.56 Å². The molecule has 3 nitrogen and oxygen atoms in total. The summed E-state index contributed by atoms with van der Waals surface area (Å²) in [5.41, 5.74) is 2.21. The van der Waals surface area contributed by atoms with Gasteiger partial charge in [-0.2, -0.15) is 5.26 Å². The Bertz CT molecular complexity index is 1210. The van der Waals surface area contributed by atoms with Gasteiger partial charge in [-0.1, -0.05) is 71.7 Å². The van der Waals surface area contributed by atoms with Crippen molar-refractivity contribution in [3.05, 3.63) is 94.4 Å². The lowest BCUT2D eigenvalue weighted by atomic mass is 10.1. The minimum Gasteiger partial charge on any atom is -0.288 e. The monoisotopic (exact) mass is 407 g/mol. The number of aromatic nitrogens is 2. The second-order valence-electron chi connectivity index (χ2n) is 6.03. The Balaban J connectivity index is 2.13. The average molecular weight is 408 g/mol. The molecule has 4 aromatic rings. The molecule has 0 fully saturated rings. The van der Waals surface area contributed by atoms with Gasteiger partial charge in [0.1, 0.15) is 11.9 Å². The molecule has 3 aromatic carbocycles. The Hall–Kier alpha value is -3.13. The van der Waals surface area contributed by atoms with E-state index in [1.807, 2.05) is 30.3 Å². The van der Waals surface area contributed by atoms with Crippen LogP contribution >= 0.6 is 23.2 Å². The van der Waals surface area contributed by atoms with Crippen LogP contribution in [0.25, 0.3) is 28.3 Å². The molecule has 0 aliphatic heterocycles. The zero-order chi connectivity index (χ0) is 19.7. The van der Waals surface area contributed by atoms with Crippen molar-refractivity contribution >= 4 is 23.2 Å². The first-order valence-corrected chi connectivity index (χ1v) is 9.14. The van der Waals surface area contributed by atoms with E-state index in [1.165, 1.54) is 6.07 Å². The van der Waals surface area contributed by atoms with Gasteiger partial charge in [0, 0.05) is 16.1 Å². The molecule has 0 amide bonds. The number of halogens is 3. The van der Waals surface area contributed by atoms with E-state index in [9.17, 15) is 9.65 Å². The maximum atomic E-state index is 15.0. The number of benzene rings is 3. The van der Waals surface area contributed by atoms with Crippen molar-refractivity contribution in [3.63, 3.8) is 0 Å². The van der Waals surface area contributed by atoms with Gasteiger partial charge < -0.3 is 0 Å². The Morgan fingerprint density at radius 2 is 1.61 bits per heavy atom. The molecule has 0 aliphatic carbocycles. The van der Waals surface area contributed by atoms with Crippen LogP contribution in [0.4, 0.5) is 4.39 Å². The molecule has 0 bridgehead atoms. The van der Waals surface area contributed by atoms with Crippen molar-refractivity contribution in [1.82, 2.24) is 9.55 Å². The summed E-state index contributed by atoms with van der Waals surface area (Å²) in [7, 11) is 0. The molecule has 136 valence electrons. The second kappa shape index (κ2) is 7.47. The van der Waals surface area contributed by atoms with Crippen molar-refractivity contribution < 1.29 is 4.39 Å². The van der Waals surface area contributed by atoms with Gasteiger partial charge in [-0.05, 0) is 24.3 Å². The van der Waals surface area contributed by atoms with Gasteiger partial charge >= 0.3 is 0 Å². The van der Waals surface area contributed by atoms with E-state index in [2.05, 4.69) is 11.1 Å². The van der Waals surface area contributed by atoms with Crippen molar-refractivity contribution in [2.24, 2.45) is 0 Å². The Morgan fingerprint density at radius 3 is 2.32 bits per heavy atom. The van der Waals surface area contributed by atoms with E-state index in [4.69, 9.17) is 23.2 Å². The molecule has 1 aromatic heterocycles. The van der Waals surface area contributed by atoms with Crippen LogP contribution in [0.2, 0.25) is 10.0 Å². The third-order valence-corrected chi connectivity index (χ3v) is 4.81. The molecule has 6 heteroatoms. The topological polar surface area (TPSA) is 41.6 Å². The van der Waals surface area contributed by atoms with Crippen molar-refractivity contribution in [1.29, 1.82) is 5.26 Å². The largest absolute Gasteiger partial charge is 0.288 e. The van der Waals surface area contributed by atoms with Crippen LogP contribution in [-0.4, -0.2) is 9.55 Å². The summed E-state index contributed by atoms with van der Waals surface area (Å²) in [5.74, 6) is -0.153. The van der Waals surface area contributed by atoms with Gasteiger partial charge in [-0.25, -0.2) is 9.37 Å². The van der Waals surface area contributed by atoms with Crippen LogP contribution in [0, 0.1) is 17.1 Å². The quantitative estimate of drug-likeness (QED) is 0.387. The summed E-state index contributed by atoms with van der Waals surface area (Å²) >= 11 is 12.2. The normalized spacial score (nSPS) is 10.6. The van der Waals surface area contributed by atoms with Crippen molar-refractivity contribution in [3.8, 4) is 34.4 Å². The SMILES string of the molecule is N#Cc1nc(-c2ccccc2)n(-c2cccc(Cl)c2F)c1-c1cccc(Cl)c1. The lowest BCUT2D eigenvalue weighted by molar-refractivity contribution is 0.619. The summed E-state index contributed by atoms with van der Waals surface area (Å²) in [5, 5.41) is 10.2. The molecule has 28 heavy (non-hydrogen) atoms. The standard InChI is InChI=1S/C22H12Cl2FN3/c23-16-9-4-8-15(12-16)21-18(13-26)27-22(14-6-2-1-3-7-14)28(21)19-11-5-10-17(24)20(19)25/h1-12H. The average Bonchev–Trinajstić information content (AvgIpc) is 3.10. The minimum absolute atomic E-state index is 0.0132. The van der Waals surface area contributed by atoms with E-state index < -0.39 is 5.82 Å². The number of hydrogen-bond donors (Lipinski definition) is 0. The predicted molar refractivity (Wildman–Crippen MR) is 109 cm³/mol. The number of imidazole rings is 1. The van der Waals surface area contributed by atoms with E-state index in [0.29, 0.717) is 22.1 Å². The van der Waals surface area contributed by atoms with Gasteiger partial charge in [0.25, 0.3) is 0 Å². The molecule has 0 aliphatic rings. The fourth-order valence-corrected chi connectivity index (χ4v) is 3.44. The van der Waals surface area contributed by atoms with Crippen LogP contribution in [0.15, 0.2) is 72.8 Å². The molecule has 0 saturated carbocycles. The van der Waals surface area contributed by atoms with Crippen molar-refractivity contribution in [2.75, 3.05) is 0 Å². The molecule has 0 saturated heterocycles. The van der Waals surface area contributed by atoms with Crippen LogP contribution in [-0.2, 0) is 0 Å². The molecular weight excluding hydrogens is 396 g/mol. The fraction of sp³-hybridized carbons (Fsp3) is 0. The highest BCUT2D eigenvalue weighted by Crippen LogP contribution is 2.36. The maximum absolute atomic E-state index is 15.0. The Morgan fingerprint density at radius 1 is 0.893 bits per heavy atom.